The highest BCUT2D eigenvalue weighted by molar-refractivity contribution is 7.93. The maximum atomic E-state index is 14.0. The quantitative estimate of drug-likeness (QED) is 0.334. The van der Waals surface area contributed by atoms with E-state index in [1.165, 1.54) is 28.6 Å². The van der Waals surface area contributed by atoms with Gasteiger partial charge in [0.2, 0.25) is 0 Å². The van der Waals surface area contributed by atoms with Gasteiger partial charge in [0.15, 0.2) is 0 Å². The molecule has 2 aliphatic heterocycles. The van der Waals surface area contributed by atoms with Gasteiger partial charge in [-0.15, -0.1) is 0 Å². The average molecular weight is 522 g/mol. The Morgan fingerprint density at radius 3 is 2.38 bits per heavy atom. The van der Waals surface area contributed by atoms with E-state index >= 15 is 0 Å². The first-order valence-corrected chi connectivity index (χ1v) is 13.4. The van der Waals surface area contributed by atoms with Crippen molar-refractivity contribution in [3.05, 3.63) is 106 Å². The minimum absolute atomic E-state index is 0.0281. The number of non-ortho nitro benzene ring substituents is 1. The van der Waals surface area contributed by atoms with Gasteiger partial charge in [0, 0.05) is 30.8 Å². The van der Waals surface area contributed by atoms with E-state index in [9.17, 15) is 18.5 Å². The van der Waals surface area contributed by atoms with E-state index in [0.717, 1.165) is 11.1 Å². The third-order valence-electron chi connectivity index (χ3n) is 6.52. The summed E-state index contributed by atoms with van der Waals surface area (Å²) in [6, 6.07) is 19.9. The summed E-state index contributed by atoms with van der Waals surface area (Å²) < 4.78 is 40.9. The molecular formula is C27H27N3O6S. The number of para-hydroxylation sites is 1. The zero-order valence-corrected chi connectivity index (χ0v) is 21.1. The fourth-order valence-electron chi connectivity index (χ4n) is 4.70. The molecule has 0 bridgehead atoms. The number of nitro benzene ring substituents is 1. The van der Waals surface area contributed by atoms with Crippen molar-refractivity contribution in [3.63, 3.8) is 0 Å². The highest BCUT2D eigenvalue weighted by atomic mass is 32.2. The number of morpholine rings is 1. The molecule has 0 aromatic heterocycles. The number of nitro groups is 1. The van der Waals surface area contributed by atoms with Gasteiger partial charge < -0.3 is 9.47 Å². The van der Waals surface area contributed by atoms with Gasteiger partial charge in [-0.2, -0.15) is 0 Å². The molecule has 2 heterocycles. The van der Waals surface area contributed by atoms with E-state index in [1.807, 2.05) is 31.2 Å². The number of ether oxygens (including phenoxy) is 2. The highest BCUT2D eigenvalue weighted by Crippen LogP contribution is 2.48. The Balaban J connectivity index is 1.54. The monoisotopic (exact) mass is 521 g/mol. The van der Waals surface area contributed by atoms with Crippen molar-refractivity contribution in [3.8, 4) is 5.75 Å². The zero-order chi connectivity index (χ0) is 26.0. The van der Waals surface area contributed by atoms with Gasteiger partial charge in [-0.1, -0.05) is 35.9 Å². The Kier molecular flexibility index (Phi) is 6.96. The van der Waals surface area contributed by atoms with Crippen LogP contribution in [0.25, 0.3) is 0 Å². The number of anilines is 1. The van der Waals surface area contributed by atoms with E-state index in [2.05, 4.69) is 4.90 Å². The summed E-state index contributed by atoms with van der Waals surface area (Å²) in [4.78, 5) is 12.9. The summed E-state index contributed by atoms with van der Waals surface area (Å²) in [5.74, 6) is 0.453. The van der Waals surface area contributed by atoms with Gasteiger partial charge in [-0.25, -0.2) is 12.7 Å². The van der Waals surface area contributed by atoms with Crippen molar-refractivity contribution < 1.29 is 22.8 Å². The van der Waals surface area contributed by atoms with Crippen LogP contribution in [0.1, 0.15) is 17.2 Å². The molecule has 0 aliphatic carbocycles. The molecule has 1 fully saturated rings. The molecular weight excluding hydrogens is 494 g/mol. The van der Waals surface area contributed by atoms with Gasteiger partial charge >= 0.3 is 0 Å². The lowest BCUT2D eigenvalue weighted by molar-refractivity contribution is -0.384. The number of rotatable bonds is 7. The summed E-state index contributed by atoms with van der Waals surface area (Å²) in [5, 5.41) is 10.9. The van der Waals surface area contributed by atoms with Crippen molar-refractivity contribution in [1.82, 2.24) is 4.90 Å². The predicted molar refractivity (Wildman–Crippen MR) is 139 cm³/mol. The maximum Gasteiger partial charge on any atom is 0.269 e. The fourth-order valence-corrected chi connectivity index (χ4v) is 6.27. The molecule has 192 valence electrons. The molecule has 1 atom stereocenters. The van der Waals surface area contributed by atoms with E-state index in [1.54, 1.807) is 30.3 Å². The third kappa shape index (κ3) is 4.95. The first-order valence-electron chi connectivity index (χ1n) is 12.0. The van der Waals surface area contributed by atoms with Crippen molar-refractivity contribution in [2.45, 2.75) is 17.9 Å². The van der Waals surface area contributed by atoms with Crippen LogP contribution >= 0.6 is 0 Å². The first-order chi connectivity index (χ1) is 17.9. The SMILES string of the molecule is Cc1ccc(S(=O)(=O)N2/C(=C\COc3ccc([N+](=O)[O-])cc3)[C@H](N3CCOCC3)c3ccccc32)cc1. The third-order valence-corrected chi connectivity index (χ3v) is 8.28. The molecule has 3 aromatic carbocycles. The second kappa shape index (κ2) is 10.3. The molecule has 9 nitrogen and oxygen atoms in total. The Morgan fingerprint density at radius 2 is 1.70 bits per heavy atom. The van der Waals surface area contributed by atoms with Crippen LogP contribution in [-0.2, 0) is 14.8 Å². The normalized spacial score (nSPS) is 19.1. The fraction of sp³-hybridized carbons (Fsp3) is 0.259. The van der Waals surface area contributed by atoms with E-state index in [4.69, 9.17) is 9.47 Å². The Bertz CT molecular complexity index is 1420. The zero-order valence-electron chi connectivity index (χ0n) is 20.3. The molecule has 0 radical (unpaired) electrons. The minimum Gasteiger partial charge on any atom is -0.489 e. The first kappa shape index (κ1) is 24.9. The number of hydrogen-bond donors (Lipinski definition) is 0. The van der Waals surface area contributed by atoms with Crippen LogP contribution in [0.15, 0.2) is 89.5 Å². The molecule has 1 saturated heterocycles. The van der Waals surface area contributed by atoms with Crippen molar-refractivity contribution in [2.24, 2.45) is 0 Å². The topological polar surface area (TPSA) is 102 Å². The van der Waals surface area contributed by atoms with Crippen LogP contribution in [-0.4, -0.2) is 51.2 Å². The molecule has 10 heteroatoms. The van der Waals surface area contributed by atoms with Gasteiger partial charge in [0.25, 0.3) is 15.7 Å². The highest BCUT2D eigenvalue weighted by Gasteiger charge is 2.43. The van der Waals surface area contributed by atoms with Crippen LogP contribution in [0, 0.1) is 17.0 Å². The molecule has 0 saturated carbocycles. The van der Waals surface area contributed by atoms with Crippen molar-refractivity contribution in [2.75, 3.05) is 37.2 Å². The predicted octanol–water partition coefficient (Wildman–Crippen LogP) is 4.45. The largest absolute Gasteiger partial charge is 0.489 e. The number of nitrogens with zero attached hydrogens (tertiary/aromatic N) is 3. The van der Waals surface area contributed by atoms with E-state index in [-0.39, 0.29) is 23.2 Å². The van der Waals surface area contributed by atoms with Crippen LogP contribution in [0.4, 0.5) is 11.4 Å². The van der Waals surface area contributed by atoms with E-state index in [0.29, 0.717) is 43.4 Å². The van der Waals surface area contributed by atoms with Crippen LogP contribution in [0.5, 0.6) is 5.75 Å². The van der Waals surface area contributed by atoms with Gasteiger partial charge in [-0.3, -0.25) is 15.0 Å². The van der Waals surface area contributed by atoms with Gasteiger partial charge in [-0.05, 0) is 43.3 Å². The van der Waals surface area contributed by atoms with Crippen molar-refractivity contribution in [1.29, 1.82) is 0 Å². The Hall–Kier alpha value is -3.73. The van der Waals surface area contributed by atoms with E-state index < -0.39 is 14.9 Å². The second-order valence-electron chi connectivity index (χ2n) is 8.88. The summed E-state index contributed by atoms with van der Waals surface area (Å²) in [6.07, 6.45) is 1.79. The molecule has 37 heavy (non-hydrogen) atoms. The smallest absolute Gasteiger partial charge is 0.269 e. The van der Waals surface area contributed by atoms with Gasteiger partial charge in [0.1, 0.15) is 12.4 Å². The van der Waals surface area contributed by atoms with Crippen LogP contribution in [0.2, 0.25) is 0 Å². The number of aryl methyl sites for hydroxylation is 1. The number of hydrogen-bond acceptors (Lipinski definition) is 7. The molecule has 5 rings (SSSR count). The minimum atomic E-state index is -3.92. The molecule has 0 unspecified atom stereocenters. The molecule has 0 amide bonds. The number of fused-ring (bicyclic) bond motifs is 1. The summed E-state index contributed by atoms with van der Waals surface area (Å²) in [5.41, 5.74) is 3.05. The molecule has 0 N–H and O–H groups in total. The van der Waals surface area contributed by atoms with Crippen LogP contribution in [0.3, 0.4) is 0 Å². The standard InChI is InChI=1S/C27H27N3O6S/c1-20-6-12-23(13-7-20)37(33,34)29-25-5-3-2-4-24(25)27(28-15-18-35-19-16-28)26(29)14-17-36-22-10-8-21(9-11-22)30(31)32/h2-14,27H,15-19H2,1H3/b26-14-/t27-/m1/s1. The van der Waals surface area contributed by atoms with Gasteiger partial charge in [0.05, 0.1) is 40.5 Å². The number of sulfonamides is 1. The Labute approximate surface area is 215 Å². The van der Waals surface area contributed by atoms with Crippen LogP contribution < -0.4 is 9.04 Å². The lowest BCUT2D eigenvalue weighted by atomic mass is 10.0. The summed E-state index contributed by atoms with van der Waals surface area (Å²) in [7, 11) is -3.92. The number of benzene rings is 3. The molecule has 0 spiro atoms. The summed E-state index contributed by atoms with van der Waals surface area (Å²) in [6.45, 7) is 4.46. The maximum absolute atomic E-state index is 14.0. The molecule has 3 aromatic rings. The lowest BCUT2D eigenvalue weighted by Crippen LogP contribution is -2.41. The van der Waals surface area contributed by atoms with Crippen molar-refractivity contribution >= 4 is 21.4 Å². The molecule has 2 aliphatic rings. The average Bonchev–Trinajstić information content (AvgIpc) is 3.24. The Morgan fingerprint density at radius 1 is 1.03 bits per heavy atom. The lowest BCUT2D eigenvalue weighted by Gasteiger charge is -2.34. The second-order valence-corrected chi connectivity index (χ2v) is 10.7. The summed E-state index contributed by atoms with van der Waals surface area (Å²) >= 11 is 0.